The summed E-state index contributed by atoms with van der Waals surface area (Å²) >= 11 is 0. The minimum Gasteiger partial charge on any atom is -0.291 e. The molecule has 1 N–H and O–H groups in total. The van der Waals surface area contributed by atoms with E-state index in [2.05, 4.69) is 16.4 Å². The number of hydrogen-bond donors (Lipinski definition) is 1. The summed E-state index contributed by atoms with van der Waals surface area (Å²) in [6.07, 6.45) is 8.39. The largest absolute Gasteiger partial charge is 0.330 e. The van der Waals surface area contributed by atoms with Crippen molar-refractivity contribution in [3.63, 3.8) is 0 Å². The van der Waals surface area contributed by atoms with Crippen molar-refractivity contribution < 1.29 is 18.8 Å². The molecule has 4 amide bonds. The minimum atomic E-state index is -1.12. The lowest BCUT2D eigenvalue weighted by molar-refractivity contribution is -0.139. The number of carbonyl (C=O) groups excluding carboxylic acids is 3. The summed E-state index contributed by atoms with van der Waals surface area (Å²) in [5.74, 6) is -2.68. The van der Waals surface area contributed by atoms with Gasteiger partial charge in [0.15, 0.2) is 5.92 Å². The zero-order valence-electron chi connectivity index (χ0n) is 15.0. The van der Waals surface area contributed by atoms with Gasteiger partial charge in [-0.05, 0) is 49.8 Å². The highest BCUT2D eigenvalue weighted by Crippen LogP contribution is 2.21. The van der Waals surface area contributed by atoms with Crippen LogP contribution in [-0.2, 0) is 16.1 Å². The van der Waals surface area contributed by atoms with Crippen LogP contribution in [0.25, 0.3) is 0 Å². The zero-order valence-corrected chi connectivity index (χ0v) is 15.0. The molecule has 6 nitrogen and oxygen atoms in total. The molecule has 142 valence electrons. The van der Waals surface area contributed by atoms with Crippen LogP contribution < -0.4 is 5.32 Å². The smallest absolute Gasteiger partial charge is 0.291 e. The lowest BCUT2D eigenvalue weighted by atomic mass is 9.97. The van der Waals surface area contributed by atoms with Gasteiger partial charge in [-0.3, -0.25) is 24.8 Å². The minimum absolute atomic E-state index is 0.220. The molecular weight excluding hydrogens is 349 g/mol. The van der Waals surface area contributed by atoms with E-state index in [-0.39, 0.29) is 18.9 Å². The number of halogens is 1. The topological polar surface area (TPSA) is 78.8 Å². The Morgan fingerprint density at radius 2 is 1.96 bits per heavy atom. The van der Waals surface area contributed by atoms with Crippen molar-refractivity contribution in [2.24, 2.45) is 10.9 Å². The molecule has 1 aliphatic carbocycles. The highest BCUT2D eigenvalue weighted by Gasteiger charge is 2.39. The Labute approximate surface area is 157 Å². The molecule has 0 spiro atoms. The predicted molar refractivity (Wildman–Crippen MR) is 98.5 cm³/mol. The predicted octanol–water partition coefficient (Wildman–Crippen LogP) is 2.98. The average molecular weight is 371 g/mol. The number of nitrogens with one attached hydrogen (secondary N) is 1. The van der Waals surface area contributed by atoms with Crippen LogP contribution in [0, 0.1) is 11.7 Å². The van der Waals surface area contributed by atoms with Crippen molar-refractivity contribution in [1.29, 1.82) is 0 Å². The first-order valence-corrected chi connectivity index (χ1v) is 9.13. The van der Waals surface area contributed by atoms with Crippen LogP contribution in [0.1, 0.15) is 37.7 Å². The molecule has 3 rings (SSSR count). The van der Waals surface area contributed by atoms with Crippen LogP contribution in [0.15, 0.2) is 40.9 Å². The molecule has 1 fully saturated rings. The van der Waals surface area contributed by atoms with E-state index in [4.69, 9.17) is 0 Å². The number of carbonyl (C=O) groups is 3. The van der Waals surface area contributed by atoms with Crippen molar-refractivity contribution in [3.8, 4) is 0 Å². The number of barbiturate groups is 1. The van der Waals surface area contributed by atoms with Crippen LogP contribution >= 0.6 is 0 Å². The molecule has 1 aromatic rings. The third kappa shape index (κ3) is 4.87. The van der Waals surface area contributed by atoms with Crippen molar-refractivity contribution in [2.75, 3.05) is 6.54 Å². The third-order valence-corrected chi connectivity index (χ3v) is 4.77. The van der Waals surface area contributed by atoms with Crippen LogP contribution in [0.2, 0.25) is 0 Å². The SMILES string of the molecule is O=C1NC(=O)N(CCC2=CCCCC2)C(=O)C1C=NCc1ccc(F)cc1. The lowest BCUT2D eigenvalue weighted by Gasteiger charge is -2.29. The first-order valence-electron chi connectivity index (χ1n) is 9.13. The third-order valence-electron chi connectivity index (χ3n) is 4.77. The van der Waals surface area contributed by atoms with Gasteiger partial charge in [0.2, 0.25) is 11.8 Å². The van der Waals surface area contributed by atoms with Crippen LogP contribution in [0.4, 0.5) is 9.18 Å². The molecule has 0 radical (unpaired) electrons. The van der Waals surface area contributed by atoms with Gasteiger partial charge in [-0.2, -0.15) is 0 Å². The molecule has 2 aliphatic rings. The van der Waals surface area contributed by atoms with Gasteiger partial charge in [0, 0.05) is 12.8 Å². The van der Waals surface area contributed by atoms with E-state index < -0.39 is 23.8 Å². The number of urea groups is 1. The number of amides is 4. The van der Waals surface area contributed by atoms with E-state index in [1.54, 1.807) is 12.1 Å². The number of allylic oxidation sites excluding steroid dienone is 1. The summed E-state index contributed by atoms with van der Waals surface area (Å²) in [6, 6.07) is 5.14. The fourth-order valence-corrected chi connectivity index (χ4v) is 3.21. The molecule has 0 bridgehead atoms. The fraction of sp³-hybridized carbons (Fsp3) is 0.400. The Kier molecular flexibility index (Phi) is 6.11. The van der Waals surface area contributed by atoms with Crippen molar-refractivity contribution in [3.05, 3.63) is 47.3 Å². The van der Waals surface area contributed by atoms with Gasteiger partial charge in [-0.1, -0.05) is 23.8 Å². The van der Waals surface area contributed by atoms with Gasteiger partial charge >= 0.3 is 6.03 Å². The molecule has 0 aromatic heterocycles. The molecule has 27 heavy (non-hydrogen) atoms. The molecule has 7 heteroatoms. The van der Waals surface area contributed by atoms with E-state index >= 15 is 0 Å². The van der Waals surface area contributed by atoms with E-state index in [9.17, 15) is 18.8 Å². The summed E-state index contributed by atoms with van der Waals surface area (Å²) in [6.45, 7) is 0.476. The number of aliphatic imine (C=N–C) groups is 1. The van der Waals surface area contributed by atoms with Crippen LogP contribution in [-0.4, -0.2) is 35.5 Å². The Morgan fingerprint density at radius 1 is 1.19 bits per heavy atom. The van der Waals surface area contributed by atoms with Crippen LogP contribution in [0.5, 0.6) is 0 Å². The highest BCUT2D eigenvalue weighted by molar-refractivity contribution is 6.23. The summed E-state index contributed by atoms with van der Waals surface area (Å²) in [4.78, 5) is 41.9. The van der Waals surface area contributed by atoms with Gasteiger partial charge in [0.05, 0.1) is 6.54 Å². The monoisotopic (exact) mass is 371 g/mol. The Hall–Kier alpha value is -2.83. The highest BCUT2D eigenvalue weighted by atomic mass is 19.1. The number of imide groups is 2. The van der Waals surface area contributed by atoms with Crippen LogP contribution in [0.3, 0.4) is 0 Å². The Balaban J connectivity index is 1.61. The van der Waals surface area contributed by atoms with Gasteiger partial charge in [0.1, 0.15) is 5.82 Å². The van der Waals surface area contributed by atoms with Gasteiger partial charge < -0.3 is 0 Å². The normalized spacial score (nSPS) is 20.8. The molecule has 1 saturated heterocycles. The van der Waals surface area contributed by atoms with E-state index in [0.29, 0.717) is 6.42 Å². The number of rotatable bonds is 6. The fourth-order valence-electron chi connectivity index (χ4n) is 3.21. The van der Waals surface area contributed by atoms with Gasteiger partial charge in [-0.15, -0.1) is 0 Å². The van der Waals surface area contributed by atoms with E-state index in [1.807, 2.05) is 0 Å². The second kappa shape index (κ2) is 8.70. The number of hydrogen-bond acceptors (Lipinski definition) is 4. The molecule has 1 heterocycles. The zero-order chi connectivity index (χ0) is 19.2. The quantitative estimate of drug-likeness (QED) is 0.474. The second-order valence-corrected chi connectivity index (χ2v) is 6.74. The average Bonchev–Trinajstić information content (AvgIpc) is 2.66. The first kappa shape index (κ1) is 18.9. The van der Waals surface area contributed by atoms with Crippen molar-refractivity contribution in [2.45, 2.75) is 38.6 Å². The Morgan fingerprint density at radius 3 is 2.67 bits per heavy atom. The molecule has 0 saturated carbocycles. The number of benzene rings is 1. The molecule has 1 atom stereocenters. The molecule has 1 aliphatic heterocycles. The molecule has 1 aromatic carbocycles. The summed E-state index contributed by atoms with van der Waals surface area (Å²) in [5, 5.41) is 2.22. The van der Waals surface area contributed by atoms with Gasteiger partial charge in [-0.25, -0.2) is 9.18 Å². The summed E-state index contributed by atoms with van der Waals surface area (Å²) in [5.41, 5.74) is 2.01. The maximum Gasteiger partial charge on any atom is 0.330 e. The first-order chi connectivity index (χ1) is 13.0. The van der Waals surface area contributed by atoms with Crippen molar-refractivity contribution >= 4 is 24.1 Å². The summed E-state index contributed by atoms with van der Waals surface area (Å²) in [7, 11) is 0. The van der Waals surface area contributed by atoms with Gasteiger partial charge in [0.25, 0.3) is 0 Å². The lowest BCUT2D eigenvalue weighted by Crippen LogP contribution is -2.58. The standard InChI is InChI=1S/C20H22FN3O3/c21-16-8-6-15(7-9-16)12-22-13-17-18(25)23-20(27)24(19(17)26)11-10-14-4-2-1-3-5-14/h4,6-9,13,17H,1-3,5,10-12H2,(H,23,25,27). The number of nitrogens with zero attached hydrogens (tertiary/aromatic N) is 2. The second-order valence-electron chi connectivity index (χ2n) is 6.74. The maximum absolute atomic E-state index is 12.9. The van der Waals surface area contributed by atoms with E-state index in [1.165, 1.54) is 30.3 Å². The van der Waals surface area contributed by atoms with Crippen molar-refractivity contribution in [1.82, 2.24) is 10.2 Å². The van der Waals surface area contributed by atoms with E-state index in [0.717, 1.165) is 29.7 Å². The molecule has 1 unspecified atom stereocenters. The molecular formula is C20H22FN3O3. The summed E-state index contributed by atoms with van der Waals surface area (Å²) < 4.78 is 12.9. The Bertz CT molecular complexity index is 786. The maximum atomic E-state index is 12.9.